The van der Waals surface area contributed by atoms with E-state index in [1.807, 2.05) is 30.3 Å². The maximum Gasteiger partial charge on any atom is 0.401 e. The molecule has 0 aliphatic heterocycles. The Labute approximate surface area is 131 Å². The summed E-state index contributed by atoms with van der Waals surface area (Å²) in [5.41, 5.74) is -1.22. The summed E-state index contributed by atoms with van der Waals surface area (Å²) >= 11 is 0. The maximum atomic E-state index is 11.6. The van der Waals surface area contributed by atoms with Gasteiger partial charge in [-0.25, -0.2) is 0 Å². The van der Waals surface area contributed by atoms with Gasteiger partial charge in [-0.05, 0) is 26.3 Å². The average Bonchev–Trinajstić information content (AvgIpc) is 2.46. The number of hydrogen-bond donors (Lipinski definition) is 4. The first kappa shape index (κ1) is 21.2. The molecular weight excluding hydrogens is 309 g/mol. The normalized spacial score (nSPS) is 11.7. The van der Waals surface area contributed by atoms with Crippen molar-refractivity contribution in [1.29, 1.82) is 0 Å². The van der Waals surface area contributed by atoms with Crippen molar-refractivity contribution in [2.45, 2.75) is 33.0 Å². The van der Waals surface area contributed by atoms with Crippen molar-refractivity contribution in [2.24, 2.45) is 0 Å². The highest BCUT2D eigenvalue weighted by molar-refractivity contribution is 7.53. The molecule has 7 nitrogen and oxygen atoms in total. The summed E-state index contributed by atoms with van der Waals surface area (Å²) in [6.45, 7) is 5.69. The van der Waals surface area contributed by atoms with Crippen molar-refractivity contribution in [3.8, 4) is 0 Å². The average molecular weight is 335 g/mol. The number of nitrogens with one attached hydrogen (secondary N) is 1. The Kier molecular flexibility index (Phi) is 10.5. The van der Waals surface area contributed by atoms with Crippen LogP contribution in [0.4, 0.5) is 0 Å². The van der Waals surface area contributed by atoms with E-state index in [1.54, 1.807) is 20.8 Å². The lowest BCUT2D eigenvalue weighted by molar-refractivity contribution is -0.205. The molecule has 0 aliphatic rings. The molecular formula is C14H26NO6P. The maximum absolute atomic E-state index is 11.6. The highest BCUT2D eigenvalue weighted by Crippen LogP contribution is 2.50. The van der Waals surface area contributed by atoms with Crippen molar-refractivity contribution in [2.75, 3.05) is 19.8 Å². The van der Waals surface area contributed by atoms with Gasteiger partial charge in [-0.3, -0.25) is 9.88 Å². The fraction of sp³-hybridized carbons (Fsp3) is 0.571. The van der Waals surface area contributed by atoms with Gasteiger partial charge in [0.15, 0.2) is 0 Å². The second-order valence-electron chi connectivity index (χ2n) is 4.15. The largest absolute Gasteiger partial charge is 0.401 e. The molecule has 128 valence electrons. The van der Waals surface area contributed by atoms with Gasteiger partial charge in [0.25, 0.3) is 0 Å². The number of ether oxygens (including phenoxy) is 2. The van der Waals surface area contributed by atoms with Gasteiger partial charge >= 0.3 is 13.2 Å². The first-order chi connectivity index (χ1) is 10.4. The number of rotatable bonds is 8. The van der Waals surface area contributed by atoms with Gasteiger partial charge in [-0.15, -0.1) is 0 Å². The number of hydrogen-bond acceptors (Lipinski definition) is 5. The summed E-state index contributed by atoms with van der Waals surface area (Å²) < 4.78 is 22.0. The number of aliphatic hydroxyl groups excluding tert-OH is 1. The Hall–Kier alpha value is -0.790. The van der Waals surface area contributed by atoms with Gasteiger partial charge in [-0.1, -0.05) is 30.3 Å². The predicted octanol–water partition coefficient (Wildman–Crippen LogP) is 1.64. The van der Waals surface area contributed by atoms with E-state index in [0.717, 1.165) is 5.56 Å². The van der Waals surface area contributed by atoms with E-state index in [1.165, 1.54) is 0 Å². The predicted molar refractivity (Wildman–Crippen MR) is 84.1 cm³/mol. The molecule has 22 heavy (non-hydrogen) atoms. The summed E-state index contributed by atoms with van der Waals surface area (Å²) in [5, 5.41) is 10.3. The molecule has 0 unspecified atom stereocenters. The van der Waals surface area contributed by atoms with Crippen LogP contribution < -0.4 is 5.32 Å². The Morgan fingerprint density at radius 2 is 1.55 bits per heavy atom. The van der Waals surface area contributed by atoms with Gasteiger partial charge in [-0.2, -0.15) is 0 Å². The lowest BCUT2D eigenvalue weighted by Gasteiger charge is -2.33. The molecule has 0 spiro atoms. The van der Waals surface area contributed by atoms with E-state index in [-0.39, 0.29) is 26.4 Å². The Morgan fingerprint density at radius 1 is 1.09 bits per heavy atom. The van der Waals surface area contributed by atoms with Gasteiger partial charge in [0, 0.05) is 26.4 Å². The van der Waals surface area contributed by atoms with E-state index in [9.17, 15) is 14.4 Å². The minimum Gasteiger partial charge on any atom is -0.397 e. The second kappa shape index (κ2) is 10.9. The molecule has 0 heterocycles. The van der Waals surface area contributed by atoms with E-state index in [2.05, 4.69) is 5.32 Å². The fourth-order valence-electron chi connectivity index (χ4n) is 1.62. The molecule has 0 aromatic heterocycles. The van der Waals surface area contributed by atoms with E-state index in [4.69, 9.17) is 14.6 Å². The summed E-state index contributed by atoms with van der Waals surface area (Å²) in [7, 11) is -4.63. The first-order valence-corrected chi connectivity index (χ1v) is 8.71. The van der Waals surface area contributed by atoms with Crippen molar-refractivity contribution in [3.63, 3.8) is 0 Å². The summed E-state index contributed by atoms with van der Waals surface area (Å²) in [6.07, 6.45) is 0. The van der Waals surface area contributed by atoms with Gasteiger partial charge in [0.1, 0.15) is 0 Å². The molecule has 8 heteroatoms. The third kappa shape index (κ3) is 6.98. The topological polar surface area (TPSA) is 108 Å². The molecule has 0 fully saturated rings. The molecule has 0 saturated heterocycles. The summed E-state index contributed by atoms with van der Waals surface area (Å²) in [4.78, 5) is 18.9. The molecule has 4 N–H and O–H groups in total. The molecule has 0 radical (unpaired) electrons. The molecule has 0 atom stereocenters. The lowest BCUT2D eigenvalue weighted by Crippen LogP contribution is -2.49. The van der Waals surface area contributed by atoms with Crippen molar-refractivity contribution >= 4 is 7.60 Å². The van der Waals surface area contributed by atoms with Gasteiger partial charge in [0.2, 0.25) is 0 Å². The van der Waals surface area contributed by atoms with E-state index in [0.29, 0.717) is 0 Å². The highest BCUT2D eigenvalue weighted by Gasteiger charge is 2.49. The highest BCUT2D eigenvalue weighted by atomic mass is 31.2. The third-order valence-electron chi connectivity index (χ3n) is 2.42. The zero-order valence-corrected chi connectivity index (χ0v) is 14.1. The second-order valence-corrected chi connectivity index (χ2v) is 5.82. The number of benzene rings is 1. The molecule has 0 saturated carbocycles. The van der Waals surface area contributed by atoms with Crippen LogP contribution in [0.5, 0.6) is 0 Å². The number of aliphatic hydroxyl groups is 1. The van der Waals surface area contributed by atoms with Crippen LogP contribution in [0.1, 0.15) is 26.3 Å². The fourth-order valence-corrected chi connectivity index (χ4v) is 2.50. The summed E-state index contributed by atoms with van der Waals surface area (Å²) in [5.74, 6) is 0. The van der Waals surface area contributed by atoms with Crippen LogP contribution in [-0.2, 0) is 20.6 Å². The van der Waals surface area contributed by atoms with Crippen LogP contribution in [0.25, 0.3) is 0 Å². The molecule has 1 rings (SSSR count). The van der Waals surface area contributed by atoms with Crippen LogP contribution in [0.2, 0.25) is 0 Å². The minimum absolute atomic E-state index is 0.118. The summed E-state index contributed by atoms with van der Waals surface area (Å²) in [6, 6.07) is 9.24. The molecule has 0 aliphatic carbocycles. The molecule has 1 aromatic carbocycles. The van der Waals surface area contributed by atoms with E-state index < -0.39 is 13.2 Å². The van der Waals surface area contributed by atoms with Gasteiger partial charge in [0.05, 0.1) is 0 Å². The minimum atomic E-state index is -4.63. The monoisotopic (exact) mass is 335 g/mol. The quantitative estimate of drug-likeness (QED) is 0.422. The lowest BCUT2D eigenvalue weighted by atomic mass is 10.2. The molecule has 0 bridgehead atoms. The zero-order chi connectivity index (χ0) is 17.1. The SMILES string of the molecule is CCO.CCOC(NCc1ccccc1)(OCC)P(=O)(O)O. The van der Waals surface area contributed by atoms with Crippen LogP contribution in [0.15, 0.2) is 30.3 Å². The third-order valence-corrected chi connectivity index (χ3v) is 3.61. The van der Waals surface area contributed by atoms with Crippen LogP contribution in [0, 0.1) is 0 Å². The van der Waals surface area contributed by atoms with Crippen LogP contribution in [-0.4, -0.2) is 40.4 Å². The standard InChI is InChI=1S/C12H20NO5P.C2H6O/c1-3-17-12(18-4-2,19(14,15)16)13-10-11-8-6-5-7-9-11;1-2-3/h5-9,13H,3-4,10H2,1-2H3,(H2,14,15,16);3H,2H2,1H3. The molecule has 0 amide bonds. The zero-order valence-electron chi connectivity index (χ0n) is 13.2. The molecule has 1 aromatic rings. The Morgan fingerprint density at radius 3 is 1.91 bits per heavy atom. The van der Waals surface area contributed by atoms with Gasteiger partial charge < -0.3 is 24.4 Å². The van der Waals surface area contributed by atoms with Crippen molar-refractivity contribution in [1.82, 2.24) is 5.32 Å². The van der Waals surface area contributed by atoms with Crippen LogP contribution >= 0.6 is 7.60 Å². The Bertz CT molecular complexity index is 430. The van der Waals surface area contributed by atoms with Crippen molar-refractivity contribution in [3.05, 3.63) is 35.9 Å². The van der Waals surface area contributed by atoms with Crippen molar-refractivity contribution < 1.29 is 28.9 Å². The smallest absolute Gasteiger partial charge is 0.397 e. The van der Waals surface area contributed by atoms with Crippen LogP contribution in [0.3, 0.4) is 0 Å². The first-order valence-electron chi connectivity index (χ1n) is 7.10. The van der Waals surface area contributed by atoms with E-state index >= 15 is 0 Å². The Balaban J connectivity index is 0.00000135.